The zero-order chi connectivity index (χ0) is 9.42. The maximum Gasteiger partial charge on any atom is 0.289 e. The lowest BCUT2D eigenvalue weighted by molar-refractivity contribution is 0.702. The van der Waals surface area contributed by atoms with Gasteiger partial charge in [0, 0.05) is 13.2 Å². The van der Waals surface area contributed by atoms with Gasteiger partial charge in [-0.15, -0.1) is 0 Å². The van der Waals surface area contributed by atoms with E-state index in [0.717, 1.165) is 4.68 Å². The number of H-pyrrole nitrogens is 1. The maximum absolute atomic E-state index is 11.4. The molecule has 0 aliphatic carbocycles. The summed E-state index contributed by atoms with van der Waals surface area (Å²) < 4.78 is 1.15. The number of hydrogen-bond donors (Lipinski definition) is 1. The molecule has 66 valence electrons. The maximum atomic E-state index is 11.4. The molecule has 2 aromatic rings. The number of fused-ring (bicyclic) bond motifs is 1. The lowest BCUT2D eigenvalue weighted by Gasteiger charge is -1.98. The molecule has 0 atom stereocenters. The number of aromatic amines is 1. The first-order chi connectivity index (χ1) is 6.20. The first-order valence-electron chi connectivity index (χ1n) is 3.74. The Morgan fingerprint density at radius 2 is 2.23 bits per heavy atom. The molecule has 2 heterocycles. The van der Waals surface area contributed by atoms with Gasteiger partial charge in [-0.25, -0.2) is 0 Å². The Morgan fingerprint density at radius 1 is 1.46 bits per heavy atom. The van der Waals surface area contributed by atoms with E-state index in [1.165, 1.54) is 13.2 Å². The molecular weight excluding hydrogens is 170 g/mol. The minimum Gasteiger partial charge on any atom is -0.267 e. The zero-order valence-electron chi connectivity index (χ0n) is 6.94. The Balaban J connectivity index is 3.15. The number of aromatic nitrogens is 3. The van der Waals surface area contributed by atoms with Crippen LogP contribution in [0, 0.1) is 0 Å². The fourth-order valence-electron chi connectivity index (χ4n) is 1.20. The van der Waals surface area contributed by atoms with Crippen LogP contribution in [0.5, 0.6) is 0 Å². The summed E-state index contributed by atoms with van der Waals surface area (Å²) >= 11 is 0. The lowest BCUT2D eigenvalue weighted by atomic mass is 10.3. The van der Waals surface area contributed by atoms with Crippen LogP contribution in [0.4, 0.5) is 0 Å². The standard InChI is InChI=1S/C8H7N3O2/c1-11-8(13)5-3-2-4-9-6(5)7(12)10-11/h2-4H,1H3,(H,10,12). The monoisotopic (exact) mass is 177 g/mol. The van der Waals surface area contributed by atoms with Crippen LogP contribution in [-0.4, -0.2) is 14.8 Å². The van der Waals surface area contributed by atoms with Crippen molar-refractivity contribution in [1.29, 1.82) is 0 Å². The predicted octanol–water partition coefficient (Wildman–Crippen LogP) is -0.378. The topological polar surface area (TPSA) is 67.8 Å². The van der Waals surface area contributed by atoms with Gasteiger partial charge in [0.25, 0.3) is 11.1 Å². The Morgan fingerprint density at radius 3 is 3.00 bits per heavy atom. The molecule has 0 amide bonds. The third-order valence-corrected chi connectivity index (χ3v) is 1.83. The lowest BCUT2D eigenvalue weighted by Crippen LogP contribution is -2.27. The molecule has 0 spiro atoms. The van der Waals surface area contributed by atoms with Gasteiger partial charge in [-0.3, -0.25) is 24.4 Å². The molecule has 0 saturated carbocycles. The largest absolute Gasteiger partial charge is 0.289 e. The summed E-state index contributed by atoms with van der Waals surface area (Å²) in [6.07, 6.45) is 1.48. The highest BCUT2D eigenvalue weighted by molar-refractivity contribution is 5.75. The van der Waals surface area contributed by atoms with Crippen LogP contribution < -0.4 is 11.1 Å². The first-order valence-corrected chi connectivity index (χ1v) is 3.74. The van der Waals surface area contributed by atoms with Crippen LogP contribution in [0.2, 0.25) is 0 Å². The highest BCUT2D eigenvalue weighted by Gasteiger charge is 2.03. The van der Waals surface area contributed by atoms with Gasteiger partial charge in [-0.05, 0) is 12.1 Å². The predicted molar refractivity (Wildman–Crippen MR) is 47.6 cm³/mol. The van der Waals surface area contributed by atoms with Crippen molar-refractivity contribution in [3.63, 3.8) is 0 Å². The molecular formula is C8H7N3O2. The third kappa shape index (κ3) is 1.05. The van der Waals surface area contributed by atoms with Gasteiger partial charge in [0.15, 0.2) is 0 Å². The smallest absolute Gasteiger partial charge is 0.267 e. The SMILES string of the molecule is Cn1[nH]c(=O)c2ncccc2c1=O. The summed E-state index contributed by atoms with van der Waals surface area (Å²) in [5.74, 6) is 0. The molecule has 13 heavy (non-hydrogen) atoms. The van der Waals surface area contributed by atoms with E-state index in [4.69, 9.17) is 0 Å². The number of hydrogen-bond acceptors (Lipinski definition) is 3. The highest BCUT2D eigenvalue weighted by atomic mass is 16.2. The second kappa shape index (κ2) is 2.55. The summed E-state index contributed by atoms with van der Waals surface area (Å²) in [5.41, 5.74) is -0.411. The number of pyridine rings is 1. The normalized spacial score (nSPS) is 10.5. The minimum atomic E-state index is -0.349. The average molecular weight is 177 g/mol. The summed E-state index contributed by atoms with van der Waals surface area (Å²) in [7, 11) is 1.50. The Hall–Kier alpha value is -1.91. The van der Waals surface area contributed by atoms with Crippen molar-refractivity contribution in [1.82, 2.24) is 14.8 Å². The van der Waals surface area contributed by atoms with Gasteiger partial charge >= 0.3 is 0 Å². The van der Waals surface area contributed by atoms with Crippen molar-refractivity contribution in [3.05, 3.63) is 39.0 Å². The van der Waals surface area contributed by atoms with Crippen LogP contribution in [-0.2, 0) is 7.05 Å². The van der Waals surface area contributed by atoms with E-state index in [-0.39, 0.29) is 16.6 Å². The number of rotatable bonds is 0. The quantitative estimate of drug-likeness (QED) is 0.596. The van der Waals surface area contributed by atoms with Gasteiger partial charge in [0.2, 0.25) is 0 Å². The highest BCUT2D eigenvalue weighted by Crippen LogP contribution is 1.97. The summed E-state index contributed by atoms with van der Waals surface area (Å²) in [4.78, 5) is 26.5. The van der Waals surface area contributed by atoms with E-state index in [2.05, 4.69) is 10.1 Å². The van der Waals surface area contributed by atoms with Crippen LogP contribution in [0.1, 0.15) is 0 Å². The molecule has 0 aliphatic rings. The number of nitrogens with one attached hydrogen (secondary N) is 1. The van der Waals surface area contributed by atoms with Gasteiger partial charge in [0.1, 0.15) is 5.52 Å². The van der Waals surface area contributed by atoms with Gasteiger partial charge < -0.3 is 0 Å². The van der Waals surface area contributed by atoms with E-state index < -0.39 is 0 Å². The van der Waals surface area contributed by atoms with Crippen LogP contribution in [0.3, 0.4) is 0 Å². The van der Waals surface area contributed by atoms with E-state index in [1.807, 2.05) is 0 Å². The van der Waals surface area contributed by atoms with Gasteiger partial charge in [0.05, 0.1) is 5.39 Å². The van der Waals surface area contributed by atoms with Crippen molar-refractivity contribution < 1.29 is 0 Å². The van der Waals surface area contributed by atoms with Crippen molar-refractivity contribution in [3.8, 4) is 0 Å². The molecule has 0 bridgehead atoms. The Labute approximate surface area is 72.6 Å². The second-order valence-electron chi connectivity index (χ2n) is 2.70. The fraction of sp³-hybridized carbons (Fsp3) is 0.125. The van der Waals surface area contributed by atoms with Crippen molar-refractivity contribution in [2.24, 2.45) is 7.05 Å². The third-order valence-electron chi connectivity index (χ3n) is 1.83. The first kappa shape index (κ1) is 7.72. The molecule has 0 aromatic carbocycles. The molecule has 0 radical (unpaired) electrons. The van der Waals surface area contributed by atoms with Gasteiger partial charge in [-0.2, -0.15) is 0 Å². The summed E-state index contributed by atoms with van der Waals surface area (Å²) in [6, 6.07) is 3.21. The molecule has 0 fully saturated rings. The van der Waals surface area contributed by atoms with Crippen molar-refractivity contribution >= 4 is 10.9 Å². The average Bonchev–Trinajstić information content (AvgIpc) is 2.15. The van der Waals surface area contributed by atoms with E-state index >= 15 is 0 Å². The summed E-state index contributed by atoms with van der Waals surface area (Å²) in [5, 5.41) is 2.71. The number of nitrogens with zero attached hydrogens (tertiary/aromatic N) is 2. The molecule has 5 nitrogen and oxygen atoms in total. The van der Waals surface area contributed by atoms with Crippen LogP contribution in [0.15, 0.2) is 27.9 Å². The van der Waals surface area contributed by atoms with E-state index in [0.29, 0.717) is 5.39 Å². The molecule has 5 heteroatoms. The Kier molecular flexibility index (Phi) is 1.51. The summed E-state index contributed by atoms with van der Waals surface area (Å²) in [6.45, 7) is 0. The zero-order valence-corrected chi connectivity index (χ0v) is 6.94. The van der Waals surface area contributed by atoms with Crippen LogP contribution >= 0.6 is 0 Å². The molecule has 2 aromatic heterocycles. The molecule has 2 rings (SSSR count). The van der Waals surface area contributed by atoms with E-state index in [1.54, 1.807) is 12.1 Å². The van der Waals surface area contributed by atoms with Crippen molar-refractivity contribution in [2.45, 2.75) is 0 Å². The minimum absolute atomic E-state index is 0.186. The molecule has 0 aliphatic heterocycles. The van der Waals surface area contributed by atoms with Crippen LogP contribution in [0.25, 0.3) is 10.9 Å². The van der Waals surface area contributed by atoms with Gasteiger partial charge in [-0.1, -0.05) is 0 Å². The fourth-order valence-corrected chi connectivity index (χ4v) is 1.20. The number of aryl methyl sites for hydroxylation is 1. The van der Waals surface area contributed by atoms with Crippen molar-refractivity contribution in [2.75, 3.05) is 0 Å². The molecule has 1 N–H and O–H groups in total. The van der Waals surface area contributed by atoms with E-state index in [9.17, 15) is 9.59 Å². The Bertz CT molecular complexity index is 567. The molecule has 0 unspecified atom stereocenters. The molecule has 0 saturated heterocycles. The second-order valence-corrected chi connectivity index (χ2v) is 2.70.